The predicted octanol–water partition coefficient (Wildman–Crippen LogP) is 3.95. The van der Waals surface area contributed by atoms with Gasteiger partial charge in [-0.2, -0.15) is 0 Å². The molecule has 2 rings (SSSR count). The SMILES string of the molecule is Cc1ccc(OCCCN2CCCCCC2)c(C)c1. The minimum Gasteiger partial charge on any atom is -0.493 e. The number of hydrogen-bond acceptors (Lipinski definition) is 2. The molecule has 0 atom stereocenters. The molecular formula is C17H27NO. The number of aryl methyl sites for hydroxylation is 2. The zero-order valence-corrected chi connectivity index (χ0v) is 12.5. The standard InChI is InChI=1S/C17H27NO/c1-15-8-9-17(16(2)14-15)19-13-7-12-18-10-5-3-4-6-11-18/h8-9,14H,3-7,10-13H2,1-2H3. The Labute approximate surface area is 117 Å². The fraction of sp³-hybridized carbons (Fsp3) is 0.647. The first kappa shape index (κ1) is 14.4. The third-order valence-corrected chi connectivity index (χ3v) is 3.91. The van der Waals surface area contributed by atoms with Crippen molar-refractivity contribution in [2.45, 2.75) is 46.0 Å². The average molecular weight is 261 g/mol. The summed E-state index contributed by atoms with van der Waals surface area (Å²) in [5.74, 6) is 1.04. The van der Waals surface area contributed by atoms with Crippen molar-refractivity contribution in [1.82, 2.24) is 4.90 Å². The first-order valence-corrected chi connectivity index (χ1v) is 7.68. The lowest BCUT2D eigenvalue weighted by Gasteiger charge is -2.19. The van der Waals surface area contributed by atoms with E-state index in [9.17, 15) is 0 Å². The quantitative estimate of drug-likeness (QED) is 0.744. The summed E-state index contributed by atoms with van der Waals surface area (Å²) < 4.78 is 5.89. The third-order valence-electron chi connectivity index (χ3n) is 3.91. The molecular weight excluding hydrogens is 234 g/mol. The van der Waals surface area contributed by atoms with Gasteiger partial charge in [0.05, 0.1) is 6.61 Å². The van der Waals surface area contributed by atoms with E-state index in [1.54, 1.807) is 0 Å². The second-order valence-electron chi connectivity index (χ2n) is 5.73. The minimum atomic E-state index is 0.834. The molecule has 106 valence electrons. The molecule has 2 heteroatoms. The van der Waals surface area contributed by atoms with Crippen LogP contribution < -0.4 is 4.74 Å². The summed E-state index contributed by atoms with van der Waals surface area (Å²) in [6, 6.07) is 6.40. The van der Waals surface area contributed by atoms with Crippen LogP contribution in [0.2, 0.25) is 0 Å². The Kier molecular flexibility index (Phi) is 5.71. The summed E-state index contributed by atoms with van der Waals surface area (Å²) in [4.78, 5) is 2.60. The molecule has 1 fully saturated rings. The van der Waals surface area contributed by atoms with E-state index in [0.29, 0.717) is 0 Å². The fourth-order valence-electron chi connectivity index (χ4n) is 2.79. The zero-order chi connectivity index (χ0) is 13.5. The largest absolute Gasteiger partial charge is 0.493 e. The second-order valence-corrected chi connectivity index (χ2v) is 5.73. The van der Waals surface area contributed by atoms with Crippen molar-refractivity contribution < 1.29 is 4.74 Å². The lowest BCUT2D eigenvalue weighted by molar-refractivity contribution is 0.239. The van der Waals surface area contributed by atoms with Crippen LogP contribution in [0.5, 0.6) is 5.75 Å². The molecule has 1 aromatic rings. The minimum absolute atomic E-state index is 0.834. The molecule has 1 aromatic carbocycles. The van der Waals surface area contributed by atoms with Gasteiger partial charge in [0.25, 0.3) is 0 Å². The maximum absolute atomic E-state index is 5.89. The summed E-state index contributed by atoms with van der Waals surface area (Å²) in [6.45, 7) is 8.83. The zero-order valence-electron chi connectivity index (χ0n) is 12.5. The molecule has 0 N–H and O–H groups in total. The van der Waals surface area contributed by atoms with Crippen LogP contribution in [-0.2, 0) is 0 Å². The molecule has 0 unspecified atom stereocenters. The first-order chi connectivity index (χ1) is 9.25. The Bertz CT molecular complexity index is 381. The highest BCUT2D eigenvalue weighted by Gasteiger charge is 2.08. The van der Waals surface area contributed by atoms with Gasteiger partial charge in [0.2, 0.25) is 0 Å². The van der Waals surface area contributed by atoms with Crippen LogP contribution >= 0.6 is 0 Å². The van der Waals surface area contributed by atoms with Crippen LogP contribution in [0.25, 0.3) is 0 Å². The number of ether oxygens (including phenoxy) is 1. The van der Waals surface area contributed by atoms with Crippen molar-refractivity contribution >= 4 is 0 Å². The van der Waals surface area contributed by atoms with Crippen LogP contribution in [0, 0.1) is 13.8 Å². The van der Waals surface area contributed by atoms with E-state index in [4.69, 9.17) is 4.74 Å². The molecule has 1 saturated heterocycles. The van der Waals surface area contributed by atoms with Gasteiger partial charge in [0, 0.05) is 6.54 Å². The summed E-state index contributed by atoms with van der Waals surface area (Å²) in [6.07, 6.45) is 6.70. The van der Waals surface area contributed by atoms with E-state index in [1.807, 2.05) is 0 Å². The lowest BCUT2D eigenvalue weighted by Crippen LogP contribution is -2.26. The Hall–Kier alpha value is -1.02. The highest BCUT2D eigenvalue weighted by molar-refractivity contribution is 5.35. The number of likely N-dealkylation sites (tertiary alicyclic amines) is 1. The maximum Gasteiger partial charge on any atom is 0.122 e. The lowest BCUT2D eigenvalue weighted by atomic mass is 10.1. The Morgan fingerprint density at radius 1 is 1.05 bits per heavy atom. The molecule has 0 radical (unpaired) electrons. The van der Waals surface area contributed by atoms with Gasteiger partial charge in [-0.05, 0) is 57.8 Å². The maximum atomic E-state index is 5.89. The van der Waals surface area contributed by atoms with Gasteiger partial charge in [-0.15, -0.1) is 0 Å². The molecule has 1 aliphatic heterocycles. The van der Waals surface area contributed by atoms with E-state index in [0.717, 1.165) is 18.8 Å². The van der Waals surface area contributed by atoms with Crippen molar-refractivity contribution in [3.05, 3.63) is 29.3 Å². The number of hydrogen-bond donors (Lipinski definition) is 0. The first-order valence-electron chi connectivity index (χ1n) is 7.68. The van der Waals surface area contributed by atoms with Crippen LogP contribution in [0.4, 0.5) is 0 Å². The summed E-state index contributed by atoms with van der Waals surface area (Å²) >= 11 is 0. The summed E-state index contributed by atoms with van der Waals surface area (Å²) in [5, 5.41) is 0. The van der Waals surface area contributed by atoms with Gasteiger partial charge in [-0.3, -0.25) is 0 Å². The van der Waals surface area contributed by atoms with Crippen molar-refractivity contribution in [3.8, 4) is 5.75 Å². The highest BCUT2D eigenvalue weighted by atomic mass is 16.5. The molecule has 2 nitrogen and oxygen atoms in total. The summed E-state index contributed by atoms with van der Waals surface area (Å²) in [5.41, 5.74) is 2.55. The average Bonchev–Trinajstić information content (AvgIpc) is 2.65. The van der Waals surface area contributed by atoms with Gasteiger partial charge in [-0.25, -0.2) is 0 Å². The third kappa shape index (κ3) is 4.87. The number of benzene rings is 1. The monoisotopic (exact) mass is 261 g/mol. The van der Waals surface area contributed by atoms with Gasteiger partial charge in [0.15, 0.2) is 0 Å². The van der Waals surface area contributed by atoms with Crippen LogP contribution in [-0.4, -0.2) is 31.1 Å². The second kappa shape index (κ2) is 7.54. The van der Waals surface area contributed by atoms with Gasteiger partial charge in [0.1, 0.15) is 5.75 Å². The molecule has 0 bridgehead atoms. The Balaban J connectivity index is 1.68. The van der Waals surface area contributed by atoms with E-state index in [2.05, 4.69) is 36.9 Å². The summed E-state index contributed by atoms with van der Waals surface area (Å²) in [7, 11) is 0. The molecule has 19 heavy (non-hydrogen) atoms. The molecule has 0 spiro atoms. The molecule has 0 aromatic heterocycles. The molecule has 1 heterocycles. The van der Waals surface area contributed by atoms with E-state index >= 15 is 0 Å². The number of rotatable bonds is 5. The van der Waals surface area contributed by atoms with Gasteiger partial charge in [-0.1, -0.05) is 30.5 Å². The fourth-order valence-corrected chi connectivity index (χ4v) is 2.79. The van der Waals surface area contributed by atoms with Crippen molar-refractivity contribution in [1.29, 1.82) is 0 Å². The topological polar surface area (TPSA) is 12.5 Å². The smallest absolute Gasteiger partial charge is 0.122 e. The number of nitrogens with zero attached hydrogens (tertiary/aromatic N) is 1. The van der Waals surface area contributed by atoms with Gasteiger partial charge >= 0.3 is 0 Å². The van der Waals surface area contributed by atoms with Crippen molar-refractivity contribution in [2.75, 3.05) is 26.2 Å². The van der Waals surface area contributed by atoms with E-state index < -0.39 is 0 Å². The normalized spacial score (nSPS) is 17.2. The Morgan fingerprint density at radius 3 is 2.47 bits per heavy atom. The van der Waals surface area contributed by atoms with Crippen molar-refractivity contribution in [3.63, 3.8) is 0 Å². The van der Waals surface area contributed by atoms with Gasteiger partial charge < -0.3 is 9.64 Å². The molecule has 0 saturated carbocycles. The van der Waals surface area contributed by atoms with E-state index in [-0.39, 0.29) is 0 Å². The van der Waals surface area contributed by atoms with Crippen LogP contribution in [0.3, 0.4) is 0 Å². The predicted molar refractivity (Wildman–Crippen MR) is 80.9 cm³/mol. The van der Waals surface area contributed by atoms with Crippen LogP contribution in [0.15, 0.2) is 18.2 Å². The molecule has 0 aliphatic carbocycles. The Morgan fingerprint density at radius 2 is 1.79 bits per heavy atom. The highest BCUT2D eigenvalue weighted by Crippen LogP contribution is 2.19. The van der Waals surface area contributed by atoms with Crippen molar-refractivity contribution in [2.24, 2.45) is 0 Å². The van der Waals surface area contributed by atoms with E-state index in [1.165, 1.54) is 56.4 Å². The molecule has 0 amide bonds. The van der Waals surface area contributed by atoms with Crippen LogP contribution in [0.1, 0.15) is 43.2 Å². The molecule has 1 aliphatic rings.